The van der Waals surface area contributed by atoms with Gasteiger partial charge in [0.1, 0.15) is 5.75 Å². The average Bonchev–Trinajstić information content (AvgIpc) is 2.97. The lowest BCUT2D eigenvalue weighted by molar-refractivity contribution is 0.357. The normalized spacial score (nSPS) is 14.6. The minimum Gasteiger partial charge on any atom is -0.493 e. The molecule has 3 rings (SSSR count). The number of halogens is 1. The summed E-state index contributed by atoms with van der Waals surface area (Å²) in [5, 5.41) is 3.66. The molecule has 0 saturated carbocycles. The lowest BCUT2D eigenvalue weighted by Gasteiger charge is -2.18. The highest BCUT2D eigenvalue weighted by molar-refractivity contribution is 9.10. The molecule has 1 aliphatic rings. The van der Waals surface area contributed by atoms with E-state index in [4.69, 9.17) is 4.74 Å². The van der Waals surface area contributed by atoms with Gasteiger partial charge in [-0.25, -0.2) is 0 Å². The van der Waals surface area contributed by atoms with Crippen LogP contribution in [0.3, 0.4) is 0 Å². The third-order valence-corrected chi connectivity index (χ3v) is 4.52. The summed E-state index contributed by atoms with van der Waals surface area (Å²) in [5.74, 6) is 1.05. The van der Waals surface area contributed by atoms with Crippen LogP contribution >= 0.6 is 15.9 Å². The summed E-state index contributed by atoms with van der Waals surface area (Å²) in [5.41, 5.74) is 4.01. The van der Waals surface area contributed by atoms with Crippen LogP contribution < -0.4 is 10.1 Å². The molecule has 3 heteroatoms. The molecular formula is C18H20BrNO. The van der Waals surface area contributed by atoms with E-state index in [1.165, 1.54) is 16.7 Å². The summed E-state index contributed by atoms with van der Waals surface area (Å²) in [4.78, 5) is 0. The Bertz CT molecular complexity index is 609. The Hall–Kier alpha value is -1.32. The number of fused-ring (bicyclic) bond motifs is 1. The summed E-state index contributed by atoms with van der Waals surface area (Å²) >= 11 is 3.49. The lowest BCUT2D eigenvalue weighted by atomic mass is 10.0. The molecule has 0 fully saturated rings. The summed E-state index contributed by atoms with van der Waals surface area (Å²) in [7, 11) is 0. The molecule has 110 valence electrons. The Labute approximate surface area is 134 Å². The maximum absolute atomic E-state index is 5.56. The first-order valence-corrected chi connectivity index (χ1v) is 8.29. The molecule has 0 spiro atoms. The van der Waals surface area contributed by atoms with Crippen LogP contribution in [0.2, 0.25) is 0 Å². The third-order valence-electron chi connectivity index (χ3n) is 3.99. The van der Waals surface area contributed by atoms with Crippen molar-refractivity contribution >= 4 is 15.9 Å². The van der Waals surface area contributed by atoms with Crippen molar-refractivity contribution in [1.82, 2.24) is 5.32 Å². The zero-order valence-electron chi connectivity index (χ0n) is 12.2. The molecule has 0 amide bonds. The van der Waals surface area contributed by atoms with Gasteiger partial charge < -0.3 is 10.1 Å². The van der Waals surface area contributed by atoms with E-state index in [0.29, 0.717) is 6.04 Å². The molecule has 2 nitrogen and oxygen atoms in total. The van der Waals surface area contributed by atoms with Crippen molar-refractivity contribution in [2.24, 2.45) is 0 Å². The fraction of sp³-hybridized carbons (Fsp3) is 0.333. The van der Waals surface area contributed by atoms with E-state index in [1.54, 1.807) is 0 Å². The van der Waals surface area contributed by atoms with E-state index in [9.17, 15) is 0 Å². The van der Waals surface area contributed by atoms with E-state index < -0.39 is 0 Å². The number of ether oxygens (including phenoxy) is 1. The predicted molar refractivity (Wildman–Crippen MR) is 89.7 cm³/mol. The topological polar surface area (TPSA) is 21.3 Å². The van der Waals surface area contributed by atoms with Crippen LogP contribution in [0.25, 0.3) is 0 Å². The molecule has 1 N–H and O–H groups in total. The van der Waals surface area contributed by atoms with Crippen LogP contribution in [0.1, 0.15) is 36.1 Å². The summed E-state index contributed by atoms with van der Waals surface area (Å²) in [6, 6.07) is 15.5. The first-order valence-electron chi connectivity index (χ1n) is 7.49. The number of hydrogen-bond acceptors (Lipinski definition) is 2. The lowest BCUT2D eigenvalue weighted by Crippen LogP contribution is -2.20. The van der Waals surface area contributed by atoms with Crippen molar-refractivity contribution in [3.05, 3.63) is 63.6 Å². The molecule has 2 aromatic carbocycles. The first kappa shape index (κ1) is 14.6. The van der Waals surface area contributed by atoms with Crippen molar-refractivity contribution in [3.63, 3.8) is 0 Å². The minimum absolute atomic E-state index is 0.391. The summed E-state index contributed by atoms with van der Waals surface area (Å²) in [6.07, 6.45) is 2.11. The monoisotopic (exact) mass is 345 g/mol. The molecule has 0 aliphatic carbocycles. The van der Waals surface area contributed by atoms with Crippen molar-refractivity contribution in [2.75, 3.05) is 6.61 Å². The van der Waals surface area contributed by atoms with Gasteiger partial charge in [-0.3, -0.25) is 0 Å². The van der Waals surface area contributed by atoms with Crippen LogP contribution in [0.5, 0.6) is 5.75 Å². The second-order valence-corrected chi connectivity index (χ2v) is 6.35. The zero-order chi connectivity index (χ0) is 14.7. The van der Waals surface area contributed by atoms with Gasteiger partial charge >= 0.3 is 0 Å². The maximum atomic E-state index is 5.56. The summed E-state index contributed by atoms with van der Waals surface area (Å²) in [6.45, 7) is 3.93. The quantitative estimate of drug-likeness (QED) is 0.853. The van der Waals surface area contributed by atoms with Crippen LogP contribution in [0.15, 0.2) is 46.9 Å². The Morgan fingerprint density at radius 1 is 1.19 bits per heavy atom. The highest BCUT2D eigenvalue weighted by Gasteiger charge is 2.13. The molecule has 0 saturated heterocycles. The number of rotatable bonds is 5. The SMILES string of the molecule is CCC(NCc1ccc2c(c1)CCO2)c1ccc(Br)cc1. The molecular weight excluding hydrogens is 326 g/mol. The van der Waals surface area contributed by atoms with Gasteiger partial charge in [0.25, 0.3) is 0 Å². The second kappa shape index (κ2) is 6.63. The standard InChI is InChI=1S/C18H20BrNO/c1-2-17(14-4-6-16(19)7-5-14)20-12-13-3-8-18-15(11-13)9-10-21-18/h3-8,11,17,20H,2,9-10,12H2,1H3. The molecule has 1 aliphatic heterocycles. The highest BCUT2D eigenvalue weighted by Crippen LogP contribution is 2.26. The Kier molecular flexibility index (Phi) is 4.61. The van der Waals surface area contributed by atoms with Gasteiger partial charge in [-0.1, -0.05) is 47.1 Å². The predicted octanol–water partition coefficient (Wildman–Crippen LogP) is 4.62. The van der Waals surface area contributed by atoms with E-state index in [2.05, 4.69) is 70.6 Å². The van der Waals surface area contributed by atoms with Crippen molar-refractivity contribution < 1.29 is 4.74 Å². The number of nitrogens with one attached hydrogen (secondary N) is 1. The van der Waals surface area contributed by atoms with Crippen LogP contribution in [0.4, 0.5) is 0 Å². The number of hydrogen-bond donors (Lipinski definition) is 1. The van der Waals surface area contributed by atoms with Crippen LogP contribution in [-0.4, -0.2) is 6.61 Å². The summed E-state index contributed by atoms with van der Waals surface area (Å²) < 4.78 is 6.68. The zero-order valence-corrected chi connectivity index (χ0v) is 13.8. The van der Waals surface area contributed by atoms with Crippen molar-refractivity contribution in [1.29, 1.82) is 0 Å². The van der Waals surface area contributed by atoms with Gasteiger partial charge in [0, 0.05) is 23.5 Å². The fourth-order valence-corrected chi connectivity index (χ4v) is 3.05. The molecule has 1 heterocycles. The van der Waals surface area contributed by atoms with E-state index in [0.717, 1.165) is 36.2 Å². The van der Waals surface area contributed by atoms with Gasteiger partial charge in [-0.05, 0) is 41.3 Å². The molecule has 0 aromatic heterocycles. The first-order chi connectivity index (χ1) is 10.3. The maximum Gasteiger partial charge on any atom is 0.122 e. The van der Waals surface area contributed by atoms with E-state index >= 15 is 0 Å². The Morgan fingerprint density at radius 3 is 2.76 bits per heavy atom. The second-order valence-electron chi connectivity index (χ2n) is 5.43. The van der Waals surface area contributed by atoms with E-state index in [-0.39, 0.29) is 0 Å². The highest BCUT2D eigenvalue weighted by atomic mass is 79.9. The van der Waals surface area contributed by atoms with Gasteiger partial charge in [0.05, 0.1) is 6.61 Å². The van der Waals surface area contributed by atoms with Crippen molar-refractivity contribution in [3.8, 4) is 5.75 Å². The van der Waals surface area contributed by atoms with E-state index in [1.807, 2.05) is 0 Å². The van der Waals surface area contributed by atoms with Crippen molar-refractivity contribution in [2.45, 2.75) is 32.4 Å². The fourth-order valence-electron chi connectivity index (χ4n) is 2.78. The third kappa shape index (κ3) is 3.47. The van der Waals surface area contributed by atoms with Gasteiger partial charge in [-0.15, -0.1) is 0 Å². The Balaban J connectivity index is 1.66. The largest absolute Gasteiger partial charge is 0.493 e. The molecule has 1 unspecified atom stereocenters. The van der Waals surface area contributed by atoms with Gasteiger partial charge in [-0.2, -0.15) is 0 Å². The minimum atomic E-state index is 0.391. The van der Waals surface area contributed by atoms with Gasteiger partial charge in [0.15, 0.2) is 0 Å². The van der Waals surface area contributed by atoms with Crippen LogP contribution in [0, 0.1) is 0 Å². The molecule has 1 atom stereocenters. The smallest absolute Gasteiger partial charge is 0.122 e. The number of benzene rings is 2. The molecule has 21 heavy (non-hydrogen) atoms. The molecule has 0 radical (unpaired) electrons. The molecule has 0 bridgehead atoms. The average molecular weight is 346 g/mol. The Morgan fingerprint density at radius 2 is 2.00 bits per heavy atom. The van der Waals surface area contributed by atoms with Gasteiger partial charge in [0.2, 0.25) is 0 Å². The van der Waals surface area contributed by atoms with Crippen LogP contribution in [-0.2, 0) is 13.0 Å². The molecule has 2 aromatic rings.